The van der Waals surface area contributed by atoms with E-state index in [4.69, 9.17) is 4.74 Å². The van der Waals surface area contributed by atoms with Gasteiger partial charge in [0.05, 0.1) is 0 Å². The molecule has 0 aromatic heterocycles. The molecule has 0 radical (unpaired) electrons. The lowest BCUT2D eigenvalue weighted by molar-refractivity contribution is -0.130. The molecule has 6 heteroatoms. The monoisotopic (exact) mass is 253 g/mol. The zero-order valence-electron chi connectivity index (χ0n) is 9.39. The zero-order chi connectivity index (χ0) is 13.1. The molecule has 18 heavy (non-hydrogen) atoms. The number of carbonyl (C=O) groups is 1. The van der Waals surface area contributed by atoms with Crippen LogP contribution in [0, 0.1) is 0 Å². The van der Waals surface area contributed by atoms with Crippen LogP contribution in [0.15, 0.2) is 35.0 Å². The van der Waals surface area contributed by atoms with E-state index in [0.29, 0.717) is 5.56 Å². The van der Waals surface area contributed by atoms with Crippen molar-refractivity contribution in [1.29, 1.82) is 0 Å². The fraction of sp³-hybridized carbons (Fsp3) is 0.167. The molecule has 0 fully saturated rings. The van der Waals surface area contributed by atoms with Crippen molar-refractivity contribution >= 4 is 17.9 Å². The van der Waals surface area contributed by atoms with Crippen LogP contribution in [0.4, 0.5) is 8.78 Å². The first-order chi connectivity index (χ1) is 8.54. The van der Waals surface area contributed by atoms with Gasteiger partial charge < -0.3 is 9.47 Å². The molecule has 0 saturated carbocycles. The van der Waals surface area contributed by atoms with Gasteiger partial charge in [-0.25, -0.2) is 9.79 Å². The van der Waals surface area contributed by atoms with Crippen molar-refractivity contribution in [3.8, 4) is 5.75 Å². The second-order valence-electron chi connectivity index (χ2n) is 3.50. The molecule has 4 nitrogen and oxygen atoms in total. The van der Waals surface area contributed by atoms with Crippen molar-refractivity contribution < 1.29 is 23.0 Å². The quantitative estimate of drug-likeness (QED) is 0.614. The molecule has 1 aliphatic heterocycles. The highest BCUT2D eigenvalue weighted by Crippen LogP contribution is 2.19. The topological polar surface area (TPSA) is 47.9 Å². The third-order valence-electron chi connectivity index (χ3n) is 2.14. The third-order valence-corrected chi connectivity index (χ3v) is 2.14. The fourth-order valence-corrected chi connectivity index (χ4v) is 1.42. The van der Waals surface area contributed by atoms with Crippen LogP contribution in [0.5, 0.6) is 5.75 Å². The standard InChI is InChI=1S/C12H9F2NO3/c1-7-15-10(11(16)17-7)6-8-2-4-9(5-3-8)18-12(13)14/h2-6,12H,1H3/b10-6+. The molecule has 0 amide bonds. The molecule has 1 heterocycles. The first-order valence-electron chi connectivity index (χ1n) is 5.08. The maximum atomic E-state index is 11.9. The number of hydrogen-bond acceptors (Lipinski definition) is 4. The normalized spacial score (nSPS) is 17.0. The Morgan fingerprint density at radius 2 is 2.00 bits per heavy atom. The van der Waals surface area contributed by atoms with Gasteiger partial charge in [-0.2, -0.15) is 8.78 Å². The smallest absolute Gasteiger partial charge is 0.387 e. The molecule has 0 saturated heterocycles. The molecule has 0 N–H and O–H groups in total. The summed E-state index contributed by atoms with van der Waals surface area (Å²) in [6, 6.07) is 5.85. The van der Waals surface area contributed by atoms with Crippen molar-refractivity contribution in [2.24, 2.45) is 4.99 Å². The van der Waals surface area contributed by atoms with Crippen LogP contribution in [-0.2, 0) is 9.53 Å². The minimum Gasteiger partial charge on any atom is -0.435 e. The van der Waals surface area contributed by atoms with Gasteiger partial charge in [0.2, 0.25) is 0 Å². The minimum atomic E-state index is -2.86. The minimum absolute atomic E-state index is 0.0563. The van der Waals surface area contributed by atoms with Crippen molar-refractivity contribution in [2.45, 2.75) is 13.5 Å². The largest absolute Gasteiger partial charge is 0.435 e. The maximum Gasteiger partial charge on any atom is 0.387 e. The van der Waals surface area contributed by atoms with E-state index in [9.17, 15) is 13.6 Å². The molecular weight excluding hydrogens is 244 g/mol. The summed E-state index contributed by atoms with van der Waals surface area (Å²) >= 11 is 0. The van der Waals surface area contributed by atoms with E-state index in [1.165, 1.54) is 18.2 Å². The Hall–Kier alpha value is -2.24. The average molecular weight is 253 g/mol. The average Bonchev–Trinajstić information content (AvgIpc) is 2.59. The highest BCUT2D eigenvalue weighted by molar-refractivity contribution is 6.06. The van der Waals surface area contributed by atoms with Crippen LogP contribution < -0.4 is 4.74 Å². The number of cyclic esters (lactones) is 1. The number of nitrogens with zero attached hydrogens (tertiary/aromatic N) is 1. The second kappa shape index (κ2) is 4.95. The SMILES string of the molecule is CC1=N/C(=C/c2ccc(OC(F)F)cc2)C(=O)O1. The summed E-state index contributed by atoms with van der Waals surface area (Å²) < 4.78 is 32.8. The number of carbonyl (C=O) groups excluding carboxylic acids is 1. The molecule has 1 aromatic carbocycles. The summed E-state index contributed by atoms with van der Waals surface area (Å²) in [6.45, 7) is -1.29. The van der Waals surface area contributed by atoms with Gasteiger partial charge in [0.15, 0.2) is 11.6 Å². The predicted molar refractivity (Wildman–Crippen MR) is 60.3 cm³/mol. The van der Waals surface area contributed by atoms with Crippen LogP contribution in [0.3, 0.4) is 0 Å². The Morgan fingerprint density at radius 3 is 2.50 bits per heavy atom. The Balaban J connectivity index is 2.16. The summed E-state index contributed by atoms with van der Waals surface area (Å²) in [4.78, 5) is 15.2. The van der Waals surface area contributed by atoms with Gasteiger partial charge in [-0.05, 0) is 23.8 Å². The number of ether oxygens (including phenoxy) is 2. The van der Waals surface area contributed by atoms with Gasteiger partial charge >= 0.3 is 12.6 Å². The fourth-order valence-electron chi connectivity index (χ4n) is 1.42. The summed E-state index contributed by atoms with van der Waals surface area (Å²) in [5.74, 6) is -0.190. The van der Waals surface area contributed by atoms with E-state index in [-0.39, 0.29) is 17.3 Å². The van der Waals surface area contributed by atoms with Gasteiger partial charge in [0.1, 0.15) is 5.75 Å². The molecule has 1 aliphatic rings. The van der Waals surface area contributed by atoms with Crippen LogP contribution in [0.25, 0.3) is 6.08 Å². The van der Waals surface area contributed by atoms with Crippen LogP contribution in [-0.4, -0.2) is 18.5 Å². The van der Waals surface area contributed by atoms with Gasteiger partial charge in [-0.3, -0.25) is 0 Å². The number of aliphatic imine (C=N–C) groups is 1. The van der Waals surface area contributed by atoms with E-state index in [1.54, 1.807) is 19.1 Å². The molecular formula is C12H9F2NO3. The van der Waals surface area contributed by atoms with Gasteiger partial charge in [-0.1, -0.05) is 12.1 Å². The highest BCUT2D eigenvalue weighted by Gasteiger charge is 2.19. The van der Waals surface area contributed by atoms with Crippen LogP contribution in [0.1, 0.15) is 12.5 Å². The maximum absolute atomic E-state index is 11.9. The third kappa shape index (κ3) is 2.91. The molecule has 1 aromatic rings. The van der Waals surface area contributed by atoms with Crippen molar-refractivity contribution in [3.63, 3.8) is 0 Å². The number of esters is 1. The molecule has 2 rings (SSSR count). The summed E-state index contributed by atoms with van der Waals surface area (Å²) in [7, 11) is 0. The van der Waals surface area contributed by atoms with Crippen molar-refractivity contribution in [1.82, 2.24) is 0 Å². The van der Waals surface area contributed by atoms with E-state index in [0.717, 1.165) is 0 Å². The first kappa shape index (κ1) is 12.2. The van der Waals surface area contributed by atoms with Gasteiger partial charge in [-0.15, -0.1) is 0 Å². The number of halogens is 2. The molecule has 0 aliphatic carbocycles. The highest BCUT2D eigenvalue weighted by atomic mass is 19.3. The van der Waals surface area contributed by atoms with Crippen LogP contribution in [0.2, 0.25) is 0 Å². The van der Waals surface area contributed by atoms with Crippen molar-refractivity contribution in [3.05, 3.63) is 35.5 Å². The second-order valence-corrected chi connectivity index (χ2v) is 3.50. The van der Waals surface area contributed by atoms with E-state index >= 15 is 0 Å². The Bertz CT molecular complexity index is 521. The molecule has 94 valence electrons. The number of hydrogen-bond donors (Lipinski definition) is 0. The van der Waals surface area contributed by atoms with Crippen LogP contribution >= 0.6 is 0 Å². The lowest BCUT2D eigenvalue weighted by Gasteiger charge is -2.03. The summed E-state index contributed by atoms with van der Waals surface area (Å²) in [5.41, 5.74) is 0.817. The van der Waals surface area contributed by atoms with Crippen molar-refractivity contribution in [2.75, 3.05) is 0 Å². The zero-order valence-corrected chi connectivity index (χ0v) is 9.39. The number of benzene rings is 1. The molecule has 0 unspecified atom stereocenters. The van der Waals surface area contributed by atoms with E-state index in [2.05, 4.69) is 9.73 Å². The number of alkyl halides is 2. The number of rotatable bonds is 3. The lowest BCUT2D eigenvalue weighted by Crippen LogP contribution is -2.01. The van der Waals surface area contributed by atoms with Gasteiger partial charge in [0, 0.05) is 6.92 Å². The molecule has 0 spiro atoms. The first-order valence-corrected chi connectivity index (χ1v) is 5.08. The predicted octanol–water partition coefficient (Wildman–Crippen LogP) is 2.60. The van der Waals surface area contributed by atoms with E-state index in [1.807, 2.05) is 0 Å². The Kier molecular flexibility index (Phi) is 3.36. The Labute approximate surface area is 102 Å². The molecule has 0 bridgehead atoms. The van der Waals surface area contributed by atoms with E-state index < -0.39 is 12.6 Å². The summed E-state index contributed by atoms with van der Waals surface area (Å²) in [5, 5.41) is 0. The lowest BCUT2D eigenvalue weighted by atomic mass is 10.2. The molecule has 0 atom stereocenters. The Morgan fingerprint density at radius 1 is 1.33 bits per heavy atom. The van der Waals surface area contributed by atoms with Gasteiger partial charge in [0.25, 0.3) is 0 Å². The summed E-state index contributed by atoms with van der Waals surface area (Å²) in [6.07, 6.45) is 1.50.